The van der Waals surface area contributed by atoms with Crippen molar-refractivity contribution >= 4 is 60.7 Å². The lowest BCUT2D eigenvalue weighted by molar-refractivity contribution is 0.0690. The number of fused-ring (bicyclic) bond motifs is 2. The molecule has 8 rings (SSSR count). The first-order valence-corrected chi connectivity index (χ1v) is 20.8. The molecule has 2 N–H and O–H groups in total. The second-order valence-corrected chi connectivity index (χ2v) is 16.8. The van der Waals surface area contributed by atoms with Crippen LogP contribution in [0.5, 0.6) is 5.75 Å². The molecule has 276 valence electrons. The van der Waals surface area contributed by atoms with E-state index in [2.05, 4.69) is 57.1 Å². The summed E-state index contributed by atoms with van der Waals surface area (Å²) in [6.07, 6.45) is 10.3. The summed E-state index contributed by atoms with van der Waals surface area (Å²) in [6, 6.07) is 18.7. The fourth-order valence-electron chi connectivity index (χ4n) is 8.58. The van der Waals surface area contributed by atoms with E-state index >= 15 is 0 Å². The minimum absolute atomic E-state index is 0.112. The van der Waals surface area contributed by atoms with Crippen molar-refractivity contribution in [3.63, 3.8) is 0 Å². The smallest absolute Gasteiger partial charge is 0.355 e. The van der Waals surface area contributed by atoms with Crippen LogP contribution in [-0.4, -0.2) is 52.7 Å². The molecule has 0 spiro atoms. The molecule has 0 fully saturated rings. The molecule has 3 aliphatic rings. The Kier molecular flexibility index (Phi) is 10.4. The number of aryl methyl sites for hydroxylation is 2. The molecular weight excluding hydrogens is 703 g/mol. The summed E-state index contributed by atoms with van der Waals surface area (Å²) in [6.45, 7) is 7.50. The second kappa shape index (κ2) is 15.5. The lowest BCUT2D eigenvalue weighted by Crippen LogP contribution is -2.43. The van der Waals surface area contributed by atoms with E-state index in [4.69, 9.17) is 4.74 Å². The summed E-state index contributed by atoms with van der Waals surface area (Å²) in [5.41, 5.74) is 7.86. The highest BCUT2D eigenvalue weighted by Crippen LogP contribution is 2.43. The monoisotopic (exact) mass is 749 g/mol. The van der Waals surface area contributed by atoms with E-state index in [1.165, 1.54) is 65.2 Å². The molecule has 0 saturated carbocycles. The van der Waals surface area contributed by atoms with Crippen LogP contribution in [0.2, 0.25) is 0 Å². The number of rotatable bonds is 13. The fourth-order valence-corrected chi connectivity index (χ4v) is 10.6. The van der Waals surface area contributed by atoms with Gasteiger partial charge in [0.25, 0.3) is 5.91 Å². The minimum Gasteiger partial charge on any atom is -0.493 e. The van der Waals surface area contributed by atoms with Crippen LogP contribution in [-0.2, 0) is 32.2 Å². The molecule has 9 nitrogen and oxygen atoms in total. The van der Waals surface area contributed by atoms with E-state index in [-0.39, 0.29) is 11.6 Å². The first-order chi connectivity index (χ1) is 25.9. The molecule has 5 heterocycles. The quantitative estimate of drug-likeness (QED) is 0.115. The van der Waals surface area contributed by atoms with Gasteiger partial charge in [-0.25, -0.2) is 14.8 Å². The second-order valence-electron chi connectivity index (χ2n) is 14.8. The van der Waals surface area contributed by atoms with Crippen molar-refractivity contribution in [3.8, 4) is 5.75 Å². The van der Waals surface area contributed by atoms with E-state index < -0.39 is 5.97 Å². The Morgan fingerprint density at radius 2 is 1.89 bits per heavy atom. The molecule has 3 aromatic carbocycles. The average molecular weight is 750 g/mol. The molecule has 5 aromatic rings. The summed E-state index contributed by atoms with van der Waals surface area (Å²) < 4.78 is 7.49. The van der Waals surface area contributed by atoms with Crippen molar-refractivity contribution in [2.45, 2.75) is 90.6 Å². The number of carboxylic acids is 1. The molecule has 1 amide bonds. The highest BCUT2D eigenvalue weighted by atomic mass is 32.1. The van der Waals surface area contributed by atoms with Crippen LogP contribution in [0.4, 0.5) is 16.0 Å². The number of aromatic nitrogens is 2. The average Bonchev–Trinajstić information content (AvgIpc) is 3.79. The van der Waals surface area contributed by atoms with Crippen molar-refractivity contribution < 1.29 is 19.4 Å². The summed E-state index contributed by atoms with van der Waals surface area (Å²) in [5.74, 6) is 0.508. The van der Waals surface area contributed by atoms with Crippen LogP contribution in [0.3, 0.4) is 0 Å². The maximum atomic E-state index is 13.5. The van der Waals surface area contributed by atoms with Gasteiger partial charge in [0.15, 0.2) is 16.0 Å². The normalized spacial score (nSPS) is 17.0. The number of amides is 1. The molecule has 11 heteroatoms. The third-order valence-electron chi connectivity index (χ3n) is 11.1. The molecule has 0 saturated heterocycles. The fraction of sp³-hybridized carbons (Fsp3) is 0.429. The van der Waals surface area contributed by atoms with Crippen molar-refractivity contribution in [2.75, 3.05) is 34.8 Å². The van der Waals surface area contributed by atoms with E-state index in [0.717, 1.165) is 70.1 Å². The zero-order chi connectivity index (χ0) is 36.5. The van der Waals surface area contributed by atoms with Gasteiger partial charge in [0.2, 0.25) is 0 Å². The topological polar surface area (TPSA) is 108 Å². The van der Waals surface area contributed by atoms with Gasteiger partial charge in [0.05, 0.1) is 16.8 Å². The number of nitrogens with one attached hydrogen (secondary N) is 1. The molecule has 53 heavy (non-hydrogen) atoms. The largest absolute Gasteiger partial charge is 0.493 e. The molecule has 3 aliphatic heterocycles. The molecule has 0 radical (unpaired) electrons. The summed E-state index contributed by atoms with van der Waals surface area (Å²) in [5, 5.41) is 14.4. The standard InChI is InChI=1S/C42H47N5O4S2/c1-3-9-26(2)24-29-18-16-28-17-19-34(31-12-7-21-47(29)38(28)31)51-23-8-15-36-37(40(49)50)44-42(53-36)46-22-20-27-10-6-11-30(32(27)25-46)39(48)45-41-43-33-13-4-5-14-35(33)52-41/h4-6,10-11,13-14,17,19,26,29H,3,7-9,12,15-16,18,20-25H2,1-2H3,(H,49,50)(H,43,45,48). The zero-order valence-electron chi connectivity index (χ0n) is 30.5. The molecule has 0 aliphatic carbocycles. The van der Waals surface area contributed by atoms with Crippen LogP contribution in [0.1, 0.15) is 100 Å². The number of thiazole rings is 2. The first-order valence-electron chi connectivity index (χ1n) is 19.2. The van der Waals surface area contributed by atoms with Crippen LogP contribution >= 0.6 is 22.7 Å². The van der Waals surface area contributed by atoms with Gasteiger partial charge in [-0.1, -0.05) is 68.4 Å². The third kappa shape index (κ3) is 7.38. The Balaban J connectivity index is 0.930. The van der Waals surface area contributed by atoms with Gasteiger partial charge in [-0.15, -0.1) is 11.3 Å². The molecule has 0 bridgehead atoms. The Morgan fingerprint density at radius 3 is 2.74 bits per heavy atom. The van der Waals surface area contributed by atoms with Gasteiger partial charge < -0.3 is 19.6 Å². The Morgan fingerprint density at radius 1 is 1.00 bits per heavy atom. The van der Waals surface area contributed by atoms with Crippen LogP contribution < -0.4 is 19.9 Å². The summed E-state index contributed by atoms with van der Waals surface area (Å²) in [7, 11) is 0. The van der Waals surface area contributed by atoms with E-state index in [1.54, 1.807) is 0 Å². The summed E-state index contributed by atoms with van der Waals surface area (Å²) >= 11 is 2.89. The van der Waals surface area contributed by atoms with Crippen LogP contribution in [0.25, 0.3) is 10.2 Å². The van der Waals surface area contributed by atoms with Gasteiger partial charge in [-0.05, 0) is 98.2 Å². The Labute approximate surface area is 319 Å². The first kappa shape index (κ1) is 35.5. The minimum atomic E-state index is -1.02. The van der Waals surface area contributed by atoms with Gasteiger partial charge >= 0.3 is 5.97 Å². The lowest BCUT2D eigenvalue weighted by Gasteiger charge is -2.44. The predicted octanol–water partition coefficient (Wildman–Crippen LogP) is 9.17. The van der Waals surface area contributed by atoms with Crippen molar-refractivity contribution in [1.29, 1.82) is 0 Å². The molecule has 2 aromatic heterocycles. The van der Waals surface area contributed by atoms with E-state index in [1.807, 2.05) is 36.4 Å². The molecular formula is C42H47N5O4S2. The van der Waals surface area contributed by atoms with Gasteiger partial charge in [0, 0.05) is 47.4 Å². The SMILES string of the molecule is CCCC(C)CC1CCc2ccc(OCCCc3sc(N4CCc5cccc(C(=O)Nc6nc7ccccc7s6)c5C4)nc3C(=O)O)c3c2N1CCC3. The Hall–Kier alpha value is -4.48. The van der Waals surface area contributed by atoms with Crippen LogP contribution in [0.15, 0.2) is 54.6 Å². The van der Waals surface area contributed by atoms with E-state index in [9.17, 15) is 14.7 Å². The Bertz CT molecular complexity index is 2110. The zero-order valence-corrected chi connectivity index (χ0v) is 32.2. The number of aromatic carboxylic acids is 1. The predicted molar refractivity (Wildman–Crippen MR) is 215 cm³/mol. The lowest BCUT2D eigenvalue weighted by atomic mass is 9.84. The van der Waals surface area contributed by atoms with Crippen molar-refractivity contribution in [1.82, 2.24) is 9.97 Å². The van der Waals surface area contributed by atoms with Gasteiger partial charge in [0.1, 0.15) is 5.75 Å². The van der Waals surface area contributed by atoms with Crippen LogP contribution in [0, 0.1) is 5.92 Å². The van der Waals surface area contributed by atoms with Crippen molar-refractivity contribution in [3.05, 3.63) is 93.0 Å². The van der Waals surface area contributed by atoms with Crippen molar-refractivity contribution in [2.24, 2.45) is 5.92 Å². The number of anilines is 3. The number of carboxylic acid groups (broad SMARTS) is 1. The number of carbonyl (C=O) groups is 2. The number of nitrogens with zero attached hydrogens (tertiary/aromatic N) is 4. The van der Waals surface area contributed by atoms with Gasteiger partial charge in [-0.3, -0.25) is 10.1 Å². The number of hydrogen-bond acceptors (Lipinski definition) is 9. The maximum Gasteiger partial charge on any atom is 0.355 e. The van der Waals surface area contributed by atoms with Gasteiger partial charge in [-0.2, -0.15) is 0 Å². The molecule has 2 unspecified atom stereocenters. The number of ether oxygens (including phenoxy) is 1. The number of para-hydroxylation sites is 1. The maximum absolute atomic E-state index is 13.5. The highest BCUT2D eigenvalue weighted by molar-refractivity contribution is 7.22. The number of carbonyl (C=O) groups excluding carboxylic acids is 1. The third-order valence-corrected chi connectivity index (χ3v) is 13.2. The van der Waals surface area contributed by atoms with E-state index in [0.29, 0.717) is 54.4 Å². The number of hydrogen-bond donors (Lipinski definition) is 2. The highest BCUT2D eigenvalue weighted by Gasteiger charge is 2.33. The summed E-state index contributed by atoms with van der Waals surface area (Å²) in [4.78, 5) is 40.7. The molecule has 2 atom stereocenters. The number of benzene rings is 3.